The Kier molecular flexibility index (Phi) is 5.47. The van der Waals surface area contributed by atoms with E-state index in [1.54, 1.807) is 17.7 Å². The third-order valence-electron chi connectivity index (χ3n) is 5.75. The van der Waals surface area contributed by atoms with Gasteiger partial charge in [0.1, 0.15) is 0 Å². The Morgan fingerprint density at radius 2 is 1.76 bits per heavy atom. The number of carbonyl (C=O) groups is 2. The lowest BCUT2D eigenvalue weighted by atomic mass is 9.99. The molecular weight excluding hydrogens is 318 g/mol. The van der Waals surface area contributed by atoms with E-state index in [0.717, 1.165) is 25.9 Å². The average molecular weight is 347 g/mol. The zero-order chi connectivity index (χ0) is 18.0. The quantitative estimate of drug-likeness (QED) is 0.905. The highest BCUT2D eigenvalue weighted by atomic mass is 16.4. The van der Waals surface area contributed by atoms with Crippen molar-refractivity contribution in [1.29, 1.82) is 0 Å². The van der Waals surface area contributed by atoms with Crippen LogP contribution in [0.2, 0.25) is 0 Å². The molecule has 0 spiro atoms. The number of aromatic nitrogens is 1. The smallest absolute Gasteiger partial charge is 0.337 e. The van der Waals surface area contributed by atoms with Crippen molar-refractivity contribution < 1.29 is 14.7 Å². The predicted molar refractivity (Wildman–Crippen MR) is 95.8 cm³/mol. The number of nitrogens with zero attached hydrogens (tertiary/aromatic N) is 3. The maximum Gasteiger partial charge on any atom is 0.337 e. The summed E-state index contributed by atoms with van der Waals surface area (Å²) in [7, 11) is 1.81. The number of rotatable bonds is 4. The molecule has 1 amide bonds. The van der Waals surface area contributed by atoms with Gasteiger partial charge in [-0.15, -0.1) is 0 Å². The Labute approximate surface area is 149 Å². The second kappa shape index (κ2) is 7.60. The number of carboxylic acids is 1. The first-order valence-corrected chi connectivity index (χ1v) is 9.37. The Morgan fingerprint density at radius 1 is 1.12 bits per heavy atom. The van der Waals surface area contributed by atoms with Crippen molar-refractivity contribution in [2.45, 2.75) is 51.5 Å². The number of piperidine rings is 2. The van der Waals surface area contributed by atoms with Crippen LogP contribution in [0.25, 0.3) is 0 Å². The van der Waals surface area contributed by atoms with E-state index in [9.17, 15) is 14.7 Å². The van der Waals surface area contributed by atoms with Crippen LogP contribution in [-0.2, 0) is 18.3 Å². The fraction of sp³-hybridized carbons (Fsp3) is 0.684. The first-order valence-electron chi connectivity index (χ1n) is 9.37. The van der Waals surface area contributed by atoms with Gasteiger partial charge in [0, 0.05) is 38.1 Å². The zero-order valence-electron chi connectivity index (χ0n) is 15.3. The van der Waals surface area contributed by atoms with E-state index in [1.807, 2.05) is 11.9 Å². The van der Waals surface area contributed by atoms with Crippen LogP contribution < -0.4 is 0 Å². The Hall–Kier alpha value is -1.82. The molecule has 3 heterocycles. The lowest BCUT2D eigenvalue weighted by molar-refractivity contribution is -0.132. The Bertz CT molecular complexity index is 639. The van der Waals surface area contributed by atoms with Crippen LogP contribution in [-0.4, -0.2) is 63.6 Å². The zero-order valence-corrected chi connectivity index (χ0v) is 15.3. The fourth-order valence-electron chi connectivity index (χ4n) is 4.36. The molecule has 2 saturated heterocycles. The number of aromatic carboxylic acids is 1. The lowest BCUT2D eigenvalue weighted by Gasteiger charge is -2.40. The van der Waals surface area contributed by atoms with Crippen molar-refractivity contribution in [3.8, 4) is 0 Å². The molecule has 6 nitrogen and oxygen atoms in total. The summed E-state index contributed by atoms with van der Waals surface area (Å²) in [6, 6.07) is 0.608. The Morgan fingerprint density at radius 3 is 2.36 bits per heavy atom. The molecule has 1 aromatic heterocycles. The van der Waals surface area contributed by atoms with E-state index in [0.29, 0.717) is 17.3 Å². The Balaban J connectivity index is 1.59. The van der Waals surface area contributed by atoms with Gasteiger partial charge in [0.2, 0.25) is 5.91 Å². The minimum absolute atomic E-state index is 0.0424. The highest BCUT2D eigenvalue weighted by Gasteiger charge is 2.29. The van der Waals surface area contributed by atoms with Crippen LogP contribution in [0.4, 0.5) is 0 Å². The van der Waals surface area contributed by atoms with Gasteiger partial charge in [-0.05, 0) is 51.3 Å². The monoisotopic (exact) mass is 347 g/mol. The van der Waals surface area contributed by atoms with Gasteiger partial charge in [0.25, 0.3) is 0 Å². The molecule has 0 saturated carbocycles. The molecule has 3 rings (SSSR count). The number of likely N-dealkylation sites (tertiary alicyclic amines) is 2. The first kappa shape index (κ1) is 18.0. The molecule has 0 unspecified atom stereocenters. The van der Waals surface area contributed by atoms with Crippen molar-refractivity contribution >= 4 is 11.9 Å². The van der Waals surface area contributed by atoms with Crippen LogP contribution in [0.1, 0.15) is 53.7 Å². The standard InChI is InChI=1S/C19H29N3O3/c1-14-13-20(2)16(18(14)19(24)25)12-17(23)22-10-6-15(7-11-22)21-8-4-3-5-9-21/h13,15H,3-12H2,1-2H3,(H,24,25). The second-order valence-corrected chi connectivity index (χ2v) is 7.44. The van der Waals surface area contributed by atoms with Crippen molar-refractivity contribution in [3.63, 3.8) is 0 Å². The summed E-state index contributed by atoms with van der Waals surface area (Å²) in [6.45, 7) is 5.74. The van der Waals surface area contributed by atoms with Crippen molar-refractivity contribution in [2.24, 2.45) is 7.05 Å². The number of amides is 1. The molecular formula is C19H29N3O3. The minimum atomic E-state index is -0.954. The molecule has 0 aromatic carbocycles. The summed E-state index contributed by atoms with van der Waals surface area (Å²) in [5.74, 6) is -0.912. The van der Waals surface area contributed by atoms with Gasteiger partial charge in [-0.2, -0.15) is 0 Å². The molecule has 2 fully saturated rings. The van der Waals surface area contributed by atoms with Gasteiger partial charge < -0.3 is 19.5 Å². The van der Waals surface area contributed by atoms with E-state index >= 15 is 0 Å². The molecule has 2 aliphatic heterocycles. The molecule has 2 aliphatic rings. The van der Waals surface area contributed by atoms with Gasteiger partial charge in [0.15, 0.2) is 0 Å². The van der Waals surface area contributed by atoms with E-state index < -0.39 is 5.97 Å². The van der Waals surface area contributed by atoms with Crippen molar-refractivity contribution in [2.75, 3.05) is 26.2 Å². The summed E-state index contributed by atoms with van der Waals surface area (Å²) < 4.78 is 1.77. The van der Waals surface area contributed by atoms with Crippen LogP contribution in [0, 0.1) is 6.92 Å². The number of carboxylic acid groups (broad SMARTS) is 1. The van der Waals surface area contributed by atoms with Gasteiger partial charge >= 0.3 is 5.97 Å². The number of carbonyl (C=O) groups excluding carboxylic acids is 1. The van der Waals surface area contributed by atoms with Gasteiger partial charge in [-0.1, -0.05) is 6.42 Å². The largest absolute Gasteiger partial charge is 0.478 e. The molecule has 25 heavy (non-hydrogen) atoms. The summed E-state index contributed by atoms with van der Waals surface area (Å²) in [4.78, 5) is 28.7. The second-order valence-electron chi connectivity index (χ2n) is 7.44. The summed E-state index contributed by atoms with van der Waals surface area (Å²) in [6.07, 6.45) is 7.95. The van der Waals surface area contributed by atoms with Crippen molar-refractivity contribution in [3.05, 3.63) is 23.0 Å². The third-order valence-corrected chi connectivity index (χ3v) is 5.75. The van der Waals surface area contributed by atoms with Crippen molar-refractivity contribution in [1.82, 2.24) is 14.4 Å². The minimum Gasteiger partial charge on any atom is -0.478 e. The van der Waals surface area contributed by atoms with E-state index in [4.69, 9.17) is 0 Å². The van der Waals surface area contributed by atoms with Crippen LogP contribution in [0.5, 0.6) is 0 Å². The molecule has 0 radical (unpaired) electrons. The van der Waals surface area contributed by atoms with E-state index in [2.05, 4.69) is 4.90 Å². The number of hydrogen-bond donors (Lipinski definition) is 1. The van der Waals surface area contributed by atoms with Crippen LogP contribution >= 0.6 is 0 Å². The molecule has 0 bridgehead atoms. The molecule has 6 heteroatoms. The highest BCUT2D eigenvalue weighted by molar-refractivity contribution is 5.93. The molecule has 1 N–H and O–H groups in total. The van der Waals surface area contributed by atoms with Crippen LogP contribution in [0.15, 0.2) is 6.20 Å². The third kappa shape index (κ3) is 3.89. The normalized spacial score (nSPS) is 20.0. The number of aryl methyl sites for hydroxylation is 2. The molecule has 138 valence electrons. The maximum absolute atomic E-state index is 12.7. The topological polar surface area (TPSA) is 65.8 Å². The van der Waals surface area contributed by atoms with Gasteiger partial charge in [0.05, 0.1) is 12.0 Å². The number of hydrogen-bond acceptors (Lipinski definition) is 3. The SMILES string of the molecule is Cc1cn(C)c(CC(=O)N2CCC(N3CCCCC3)CC2)c1C(=O)O. The summed E-state index contributed by atoms with van der Waals surface area (Å²) in [5, 5.41) is 9.42. The van der Waals surface area contributed by atoms with Crippen LogP contribution in [0.3, 0.4) is 0 Å². The highest BCUT2D eigenvalue weighted by Crippen LogP contribution is 2.22. The average Bonchev–Trinajstić information content (AvgIpc) is 2.89. The van der Waals surface area contributed by atoms with E-state index in [1.165, 1.54) is 32.4 Å². The fourth-order valence-corrected chi connectivity index (χ4v) is 4.36. The maximum atomic E-state index is 12.7. The summed E-state index contributed by atoms with van der Waals surface area (Å²) >= 11 is 0. The first-order chi connectivity index (χ1) is 12.0. The molecule has 1 aromatic rings. The predicted octanol–water partition coefficient (Wildman–Crippen LogP) is 2.05. The molecule has 0 aliphatic carbocycles. The lowest BCUT2D eigenvalue weighted by Crippen LogP contribution is -2.48. The van der Waals surface area contributed by atoms with Gasteiger partial charge in [-0.3, -0.25) is 4.79 Å². The van der Waals surface area contributed by atoms with E-state index in [-0.39, 0.29) is 17.9 Å². The van der Waals surface area contributed by atoms with Gasteiger partial charge in [-0.25, -0.2) is 4.79 Å². The molecule has 0 atom stereocenters. The summed E-state index contributed by atoms with van der Waals surface area (Å²) in [5.41, 5.74) is 1.59.